The quantitative estimate of drug-likeness (QED) is 0.710. The molecule has 0 saturated carbocycles. The number of hydrogen-bond acceptors (Lipinski definition) is 4. The van der Waals surface area contributed by atoms with Gasteiger partial charge in [-0.1, -0.05) is 13.8 Å². The molecule has 2 nitrogen and oxygen atoms in total. The molecule has 1 unspecified atom stereocenters. The first kappa shape index (κ1) is 13.0. The molecule has 4 heteroatoms. The molecule has 0 spiro atoms. The van der Waals surface area contributed by atoms with Gasteiger partial charge in [0.15, 0.2) is 0 Å². The van der Waals surface area contributed by atoms with Crippen LogP contribution in [0.4, 0.5) is 0 Å². The SMILES string of the molecule is CCSCCCNC(CC)c1nccs1. The highest BCUT2D eigenvalue weighted by atomic mass is 32.2. The van der Waals surface area contributed by atoms with Gasteiger partial charge in [-0.3, -0.25) is 0 Å². The molecule has 0 radical (unpaired) electrons. The molecule has 86 valence electrons. The van der Waals surface area contributed by atoms with Crippen molar-refractivity contribution >= 4 is 23.1 Å². The predicted molar refractivity (Wildman–Crippen MR) is 70.8 cm³/mol. The van der Waals surface area contributed by atoms with Crippen molar-refractivity contribution in [3.8, 4) is 0 Å². The van der Waals surface area contributed by atoms with Crippen LogP contribution in [-0.4, -0.2) is 23.0 Å². The van der Waals surface area contributed by atoms with Crippen LogP contribution in [0, 0.1) is 0 Å². The van der Waals surface area contributed by atoms with Gasteiger partial charge in [-0.15, -0.1) is 11.3 Å². The highest BCUT2D eigenvalue weighted by molar-refractivity contribution is 7.99. The van der Waals surface area contributed by atoms with E-state index in [1.54, 1.807) is 11.3 Å². The van der Waals surface area contributed by atoms with Gasteiger partial charge in [0, 0.05) is 11.6 Å². The first-order valence-corrected chi connectivity index (χ1v) is 7.62. The molecule has 0 aliphatic heterocycles. The summed E-state index contributed by atoms with van der Waals surface area (Å²) >= 11 is 3.76. The Kier molecular flexibility index (Phi) is 7.05. The summed E-state index contributed by atoms with van der Waals surface area (Å²) in [5.41, 5.74) is 0. The third kappa shape index (κ3) is 5.00. The van der Waals surface area contributed by atoms with Crippen LogP contribution in [0.25, 0.3) is 0 Å². The van der Waals surface area contributed by atoms with Crippen LogP contribution < -0.4 is 5.32 Å². The van der Waals surface area contributed by atoms with E-state index in [0.29, 0.717) is 6.04 Å². The monoisotopic (exact) mass is 244 g/mol. The molecule has 1 N–H and O–H groups in total. The Morgan fingerprint density at radius 2 is 2.40 bits per heavy atom. The summed E-state index contributed by atoms with van der Waals surface area (Å²) in [5, 5.41) is 6.84. The minimum absolute atomic E-state index is 0.455. The fraction of sp³-hybridized carbons (Fsp3) is 0.727. The lowest BCUT2D eigenvalue weighted by atomic mass is 10.2. The number of rotatable bonds is 8. The van der Waals surface area contributed by atoms with Crippen molar-refractivity contribution < 1.29 is 0 Å². The molecule has 0 saturated heterocycles. The number of thioether (sulfide) groups is 1. The van der Waals surface area contributed by atoms with E-state index in [0.717, 1.165) is 13.0 Å². The Balaban J connectivity index is 2.18. The van der Waals surface area contributed by atoms with Crippen molar-refractivity contribution in [3.05, 3.63) is 16.6 Å². The van der Waals surface area contributed by atoms with Crippen LogP contribution in [0.3, 0.4) is 0 Å². The van der Waals surface area contributed by atoms with Gasteiger partial charge in [-0.2, -0.15) is 11.8 Å². The molecular weight excluding hydrogens is 224 g/mol. The maximum absolute atomic E-state index is 4.35. The lowest BCUT2D eigenvalue weighted by Crippen LogP contribution is -2.22. The molecule has 0 aliphatic rings. The van der Waals surface area contributed by atoms with E-state index in [9.17, 15) is 0 Å². The molecule has 0 fully saturated rings. The van der Waals surface area contributed by atoms with Crippen LogP contribution in [0.15, 0.2) is 11.6 Å². The van der Waals surface area contributed by atoms with Gasteiger partial charge < -0.3 is 5.32 Å². The van der Waals surface area contributed by atoms with Gasteiger partial charge >= 0.3 is 0 Å². The van der Waals surface area contributed by atoms with Gasteiger partial charge in [-0.25, -0.2) is 4.98 Å². The molecule has 1 atom stereocenters. The zero-order chi connectivity index (χ0) is 10.9. The van der Waals surface area contributed by atoms with E-state index >= 15 is 0 Å². The van der Waals surface area contributed by atoms with Crippen molar-refractivity contribution in [2.45, 2.75) is 32.7 Å². The molecule has 1 aromatic heterocycles. The second-order valence-electron chi connectivity index (χ2n) is 3.34. The highest BCUT2D eigenvalue weighted by Gasteiger charge is 2.09. The number of aromatic nitrogens is 1. The Bertz CT molecular complexity index is 237. The molecule has 1 heterocycles. The Morgan fingerprint density at radius 3 is 3.00 bits per heavy atom. The van der Waals surface area contributed by atoms with Crippen LogP contribution in [-0.2, 0) is 0 Å². The van der Waals surface area contributed by atoms with E-state index in [4.69, 9.17) is 0 Å². The third-order valence-corrected chi connectivity index (χ3v) is 4.09. The summed E-state index contributed by atoms with van der Waals surface area (Å²) in [6.45, 7) is 5.52. The van der Waals surface area contributed by atoms with Crippen molar-refractivity contribution in [2.75, 3.05) is 18.1 Å². The van der Waals surface area contributed by atoms with Gasteiger partial charge in [0.2, 0.25) is 0 Å². The molecule has 15 heavy (non-hydrogen) atoms. The first-order chi connectivity index (χ1) is 7.38. The second kappa shape index (κ2) is 8.13. The molecule has 0 aromatic carbocycles. The lowest BCUT2D eigenvalue weighted by Gasteiger charge is -2.13. The second-order valence-corrected chi connectivity index (χ2v) is 5.66. The zero-order valence-electron chi connectivity index (χ0n) is 9.53. The molecule has 0 amide bonds. The van der Waals surface area contributed by atoms with E-state index in [1.165, 1.54) is 22.9 Å². The summed E-state index contributed by atoms with van der Waals surface area (Å²) < 4.78 is 0. The number of nitrogens with one attached hydrogen (secondary N) is 1. The van der Waals surface area contributed by atoms with E-state index < -0.39 is 0 Å². The normalized spacial score (nSPS) is 12.9. The molecule has 0 aliphatic carbocycles. The van der Waals surface area contributed by atoms with E-state index in [2.05, 4.69) is 24.1 Å². The Morgan fingerprint density at radius 1 is 1.53 bits per heavy atom. The van der Waals surface area contributed by atoms with Gasteiger partial charge in [0.1, 0.15) is 5.01 Å². The number of hydrogen-bond donors (Lipinski definition) is 1. The first-order valence-electron chi connectivity index (χ1n) is 5.59. The summed E-state index contributed by atoms with van der Waals surface area (Å²) in [5.74, 6) is 2.49. The Hall–Kier alpha value is -0.0600. The summed E-state index contributed by atoms with van der Waals surface area (Å²) in [6.07, 6.45) is 4.26. The molecule has 0 bridgehead atoms. The Labute approximate surface area is 101 Å². The highest BCUT2D eigenvalue weighted by Crippen LogP contribution is 2.18. The standard InChI is InChI=1S/C11H20N2S2/c1-3-10(11-13-7-9-15-11)12-6-5-8-14-4-2/h7,9-10,12H,3-6,8H2,1-2H3. The average Bonchev–Trinajstić information content (AvgIpc) is 2.77. The van der Waals surface area contributed by atoms with Crippen LogP contribution in [0.2, 0.25) is 0 Å². The minimum atomic E-state index is 0.455. The lowest BCUT2D eigenvalue weighted by molar-refractivity contribution is 0.517. The van der Waals surface area contributed by atoms with Crippen molar-refractivity contribution in [3.63, 3.8) is 0 Å². The third-order valence-electron chi connectivity index (χ3n) is 2.22. The maximum Gasteiger partial charge on any atom is 0.109 e. The zero-order valence-corrected chi connectivity index (χ0v) is 11.2. The largest absolute Gasteiger partial charge is 0.308 e. The minimum Gasteiger partial charge on any atom is -0.308 e. The number of nitrogens with zero attached hydrogens (tertiary/aromatic N) is 1. The smallest absolute Gasteiger partial charge is 0.109 e. The predicted octanol–water partition coefficient (Wildman–Crippen LogP) is 3.33. The molecular formula is C11H20N2S2. The fourth-order valence-corrected chi connectivity index (χ4v) is 2.84. The topological polar surface area (TPSA) is 24.9 Å². The molecule has 1 aromatic rings. The van der Waals surface area contributed by atoms with Gasteiger partial charge in [-0.05, 0) is 30.9 Å². The van der Waals surface area contributed by atoms with E-state index in [-0.39, 0.29) is 0 Å². The summed E-state index contributed by atoms with van der Waals surface area (Å²) in [7, 11) is 0. The van der Waals surface area contributed by atoms with Crippen molar-refractivity contribution in [1.29, 1.82) is 0 Å². The number of thiazole rings is 1. The van der Waals surface area contributed by atoms with Crippen molar-refractivity contribution in [1.82, 2.24) is 10.3 Å². The van der Waals surface area contributed by atoms with Crippen LogP contribution in [0.5, 0.6) is 0 Å². The van der Waals surface area contributed by atoms with E-state index in [1.807, 2.05) is 23.3 Å². The van der Waals surface area contributed by atoms with Crippen molar-refractivity contribution in [2.24, 2.45) is 0 Å². The van der Waals surface area contributed by atoms with Gasteiger partial charge in [0.25, 0.3) is 0 Å². The van der Waals surface area contributed by atoms with Crippen LogP contribution >= 0.6 is 23.1 Å². The average molecular weight is 244 g/mol. The fourth-order valence-electron chi connectivity index (χ4n) is 1.41. The van der Waals surface area contributed by atoms with Crippen LogP contribution in [0.1, 0.15) is 37.7 Å². The summed E-state index contributed by atoms with van der Waals surface area (Å²) in [6, 6.07) is 0.455. The molecule has 1 rings (SSSR count). The maximum atomic E-state index is 4.35. The van der Waals surface area contributed by atoms with Gasteiger partial charge in [0.05, 0.1) is 6.04 Å². The summed E-state index contributed by atoms with van der Waals surface area (Å²) in [4.78, 5) is 4.35.